The van der Waals surface area contributed by atoms with E-state index in [4.69, 9.17) is 5.73 Å². The lowest BCUT2D eigenvalue weighted by molar-refractivity contribution is -0.127. The molecular weight excluding hydrogens is 230 g/mol. The van der Waals surface area contributed by atoms with Crippen LogP contribution in [0.5, 0.6) is 0 Å². The van der Waals surface area contributed by atoms with E-state index in [0.717, 1.165) is 25.7 Å². The number of amides is 2. The van der Waals surface area contributed by atoms with Crippen LogP contribution in [-0.2, 0) is 9.59 Å². The van der Waals surface area contributed by atoms with Crippen LogP contribution in [0.3, 0.4) is 0 Å². The fourth-order valence-electron chi connectivity index (χ4n) is 2.50. The summed E-state index contributed by atoms with van der Waals surface area (Å²) in [5.74, 6) is -0.490. The third-order valence-electron chi connectivity index (χ3n) is 3.72. The molecule has 0 aromatic heterocycles. The number of hydrogen-bond acceptors (Lipinski definition) is 3. The molecule has 1 atom stereocenters. The summed E-state index contributed by atoms with van der Waals surface area (Å²) < 4.78 is 0. The first-order valence-corrected chi connectivity index (χ1v) is 7.00. The van der Waals surface area contributed by atoms with Crippen LogP contribution in [-0.4, -0.2) is 29.9 Å². The molecule has 0 heterocycles. The van der Waals surface area contributed by atoms with Gasteiger partial charge < -0.3 is 16.4 Å². The van der Waals surface area contributed by atoms with Gasteiger partial charge in [-0.15, -0.1) is 0 Å². The van der Waals surface area contributed by atoms with Crippen molar-refractivity contribution in [1.82, 2.24) is 10.6 Å². The number of nitrogens with two attached hydrogens (primary N) is 1. The van der Waals surface area contributed by atoms with Gasteiger partial charge in [-0.2, -0.15) is 0 Å². The molecule has 2 amide bonds. The Labute approximate surface area is 108 Å². The van der Waals surface area contributed by atoms with E-state index in [2.05, 4.69) is 10.6 Å². The number of carbonyl (C=O) groups excluding carboxylic acids is 2. The second-order valence-electron chi connectivity index (χ2n) is 5.50. The lowest BCUT2D eigenvalue weighted by Crippen LogP contribution is -2.49. The topological polar surface area (TPSA) is 84.2 Å². The summed E-state index contributed by atoms with van der Waals surface area (Å²) in [5.41, 5.74) is 5.37. The Balaban J connectivity index is 1.78. The second kappa shape index (κ2) is 6.18. The third-order valence-corrected chi connectivity index (χ3v) is 3.72. The molecule has 0 spiro atoms. The summed E-state index contributed by atoms with van der Waals surface area (Å²) in [7, 11) is 0. The van der Waals surface area contributed by atoms with E-state index < -0.39 is 11.9 Å². The largest absolute Gasteiger partial charge is 0.368 e. The van der Waals surface area contributed by atoms with E-state index in [1.165, 1.54) is 19.3 Å². The lowest BCUT2D eigenvalue weighted by Gasteiger charge is -2.26. The molecule has 102 valence electrons. The highest BCUT2D eigenvalue weighted by Gasteiger charge is 2.27. The van der Waals surface area contributed by atoms with Crippen LogP contribution in [0.15, 0.2) is 0 Å². The summed E-state index contributed by atoms with van der Waals surface area (Å²) in [6.07, 6.45) is 8.09. The monoisotopic (exact) mass is 253 g/mol. The molecule has 0 aromatic rings. The van der Waals surface area contributed by atoms with Crippen molar-refractivity contribution in [2.45, 2.75) is 69.5 Å². The second-order valence-corrected chi connectivity index (χ2v) is 5.50. The van der Waals surface area contributed by atoms with Crippen LogP contribution in [0.4, 0.5) is 0 Å². The average Bonchev–Trinajstić information content (AvgIpc) is 3.13. The SMILES string of the molecule is NC(=O)C(CC(=O)NC1CC1)NC1CCCCC1. The molecular formula is C13H23N3O2. The van der Waals surface area contributed by atoms with E-state index in [9.17, 15) is 9.59 Å². The minimum Gasteiger partial charge on any atom is -0.368 e. The van der Waals surface area contributed by atoms with Crippen molar-refractivity contribution in [1.29, 1.82) is 0 Å². The van der Waals surface area contributed by atoms with E-state index in [1.807, 2.05) is 0 Å². The zero-order chi connectivity index (χ0) is 13.0. The van der Waals surface area contributed by atoms with Gasteiger partial charge in [-0.25, -0.2) is 0 Å². The molecule has 5 nitrogen and oxygen atoms in total. The molecule has 2 fully saturated rings. The van der Waals surface area contributed by atoms with E-state index >= 15 is 0 Å². The van der Waals surface area contributed by atoms with Crippen molar-refractivity contribution in [3.05, 3.63) is 0 Å². The summed E-state index contributed by atoms with van der Waals surface area (Å²) in [5, 5.41) is 6.13. The molecule has 1 unspecified atom stereocenters. The van der Waals surface area contributed by atoms with Crippen LogP contribution in [0, 0.1) is 0 Å². The van der Waals surface area contributed by atoms with Crippen molar-refractivity contribution in [3.63, 3.8) is 0 Å². The van der Waals surface area contributed by atoms with E-state index in [0.29, 0.717) is 12.1 Å². The molecule has 5 heteroatoms. The Morgan fingerprint density at radius 3 is 2.28 bits per heavy atom. The fraction of sp³-hybridized carbons (Fsp3) is 0.846. The molecule has 2 aliphatic rings. The minimum atomic E-state index is -0.521. The molecule has 4 N–H and O–H groups in total. The molecule has 0 aliphatic heterocycles. The van der Waals surface area contributed by atoms with Gasteiger partial charge in [0.15, 0.2) is 0 Å². The van der Waals surface area contributed by atoms with Gasteiger partial charge in [0.25, 0.3) is 0 Å². The predicted molar refractivity (Wildman–Crippen MR) is 68.8 cm³/mol. The maximum atomic E-state index is 11.7. The molecule has 2 rings (SSSR count). The number of nitrogens with one attached hydrogen (secondary N) is 2. The van der Waals surface area contributed by atoms with E-state index in [1.54, 1.807) is 0 Å². The van der Waals surface area contributed by atoms with Crippen molar-refractivity contribution >= 4 is 11.8 Å². The van der Waals surface area contributed by atoms with Crippen LogP contribution in [0.25, 0.3) is 0 Å². The van der Waals surface area contributed by atoms with Gasteiger partial charge >= 0.3 is 0 Å². The summed E-state index contributed by atoms with van der Waals surface area (Å²) in [4.78, 5) is 23.1. The van der Waals surface area contributed by atoms with Crippen LogP contribution < -0.4 is 16.4 Å². The number of rotatable bonds is 6. The molecule has 2 saturated carbocycles. The maximum absolute atomic E-state index is 11.7. The van der Waals surface area contributed by atoms with Gasteiger partial charge in [0.05, 0.1) is 12.5 Å². The lowest BCUT2D eigenvalue weighted by atomic mass is 9.94. The highest BCUT2D eigenvalue weighted by molar-refractivity contribution is 5.87. The summed E-state index contributed by atoms with van der Waals surface area (Å²) >= 11 is 0. The molecule has 0 saturated heterocycles. The predicted octanol–water partition coefficient (Wildman–Crippen LogP) is 0.431. The fourth-order valence-corrected chi connectivity index (χ4v) is 2.50. The zero-order valence-electron chi connectivity index (χ0n) is 10.8. The number of hydrogen-bond donors (Lipinski definition) is 3. The van der Waals surface area contributed by atoms with Gasteiger partial charge in [-0.3, -0.25) is 9.59 Å². The standard InChI is InChI=1S/C13H23N3O2/c14-13(18)11(8-12(17)16-10-6-7-10)15-9-4-2-1-3-5-9/h9-11,15H,1-8H2,(H2,14,18)(H,16,17). The molecule has 0 radical (unpaired) electrons. The highest BCUT2D eigenvalue weighted by atomic mass is 16.2. The van der Waals surface area contributed by atoms with Crippen molar-refractivity contribution < 1.29 is 9.59 Å². The van der Waals surface area contributed by atoms with Crippen LogP contribution in [0.1, 0.15) is 51.4 Å². The van der Waals surface area contributed by atoms with E-state index in [-0.39, 0.29) is 12.3 Å². The molecule has 18 heavy (non-hydrogen) atoms. The maximum Gasteiger partial charge on any atom is 0.235 e. The molecule has 2 aliphatic carbocycles. The Bertz CT molecular complexity index is 309. The number of carbonyl (C=O) groups is 2. The van der Waals surface area contributed by atoms with Gasteiger partial charge in [0.1, 0.15) is 0 Å². The van der Waals surface area contributed by atoms with Crippen LogP contribution >= 0.6 is 0 Å². The minimum absolute atomic E-state index is 0.0652. The zero-order valence-corrected chi connectivity index (χ0v) is 10.8. The Hall–Kier alpha value is -1.10. The summed E-state index contributed by atoms with van der Waals surface area (Å²) in [6, 6.07) is 0.150. The quantitative estimate of drug-likeness (QED) is 0.642. The normalized spacial score (nSPS) is 22.4. The molecule has 0 bridgehead atoms. The Morgan fingerprint density at radius 2 is 1.72 bits per heavy atom. The third kappa shape index (κ3) is 4.29. The first-order valence-electron chi connectivity index (χ1n) is 7.00. The first kappa shape index (κ1) is 13.3. The Morgan fingerprint density at radius 1 is 1.06 bits per heavy atom. The van der Waals surface area contributed by atoms with Crippen molar-refractivity contribution in [2.24, 2.45) is 5.73 Å². The van der Waals surface area contributed by atoms with Crippen molar-refractivity contribution in [3.8, 4) is 0 Å². The van der Waals surface area contributed by atoms with Gasteiger partial charge in [-0.05, 0) is 25.7 Å². The Kier molecular flexibility index (Phi) is 4.58. The van der Waals surface area contributed by atoms with Gasteiger partial charge in [0.2, 0.25) is 11.8 Å². The molecule has 0 aromatic carbocycles. The highest BCUT2D eigenvalue weighted by Crippen LogP contribution is 2.20. The summed E-state index contributed by atoms with van der Waals surface area (Å²) in [6.45, 7) is 0. The first-order chi connectivity index (χ1) is 8.65. The van der Waals surface area contributed by atoms with Gasteiger partial charge in [0, 0.05) is 12.1 Å². The smallest absolute Gasteiger partial charge is 0.235 e. The van der Waals surface area contributed by atoms with Crippen LogP contribution in [0.2, 0.25) is 0 Å². The average molecular weight is 253 g/mol. The number of primary amides is 1. The van der Waals surface area contributed by atoms with Crippen molar-refractivity contribution in [2.75, 3.05) is 0 Å². The van der Waals surface area contributed by atoms with Gasteiger partial charge in [-0.1, -0.05) is 19.3 Å².